The summed E-state index contributed by atoms with van der Waals surface area (Å²) < 4.78 is 23.5. The molecule has 0 aromatic heterocycles. The van der Waals surface area contributed by atoms with E-state index in [0.717, 1.165) is 17.9 Å². The van der Waals surface area contributed by atoms with Crippen molar-refractivity contribution in [3.05, 3.63) is 29.6 Å². The average Bonchev–Trinajstić information content (AvgIpc) is 2.83. The highest BCUT2D eigenvalue weighted by Gasteiger charge is 2.40. The van der Waals surface area contributed by atoms with Crippen LogP contribution in [0.3, 0.4) is 0 Å². The lowest BCUT2D eigenvalue weighted by atomic mass is 10.2. The fourth-order valence-corrected chi connectivity index (χ4v) is 1.21. The zero-order chi connectivity index (χ0) is 10.2. The molecule has 0 bridgehead atoms. The summed E-state index contributed by atoms with van der Waals surface area (Å²) in [5.74, 6) is 0.492. The first-order valence-corrected chi connectivity index (χ1v) is 4.62. The van der Waals surface area contributed by atoms with Crippen molar-refractivity contribution in [3.63, 3.8) is 0 Å². The Morgan fingerprint density at radius 3 is 2.86 bits per heavy atom. The standard InChI is InChI=1S/C11H13FO2/c1-8-5-9(12)3-4-10(8)13-6-11(2)7-14-11/h3-5H,6-7H2,1-2H3. The lowest BCUT2D eigenvalue weighted by Crippen LogP contribution is -2.17. The molecule has 0 radical (unpaired) electrons. The third kappa shape index (κ3) is 2.04. The Labute approximate surface area is 82.6 Å². The molecule has 1 heterocycles. The van der Waals surface area contributed by atoms with Crippen LogP contribution in [0.4, 0.5) is 4.39 Å². The van der Waals surface area contributed by atoms with Crippen LogP contribution in [-0.4, -0.2) is 18.8 Å². The first-order chi connectivity index (χ1) is 6.59. The van der Waals surface area contributed by atoms with Crippen LogP contribution in [0.5, 0.6) is 5.75 Å². The summed E-state index contributed by atoms with van der Waals surface area (Å²) in [5.41, 5.74) is 0.690. The van der Waals surface area contributed by atoms with E-state index in [4.69, 9.17) is 9.47 Å². The van der Waals surface area contributed by atoms with E-state index in [1.165, 1.54) is 12.1 Å². The molecule has 0 N–H and O–H groups in total. The summed E-state index contributed by atoms with van der Waals surface area (Å²) in [6.45, 7) is 5.09. The maximum Gasteiger partial charge on any atom is 0.123 e. The smallest absolute Gasteiger partial charge is 0.123 e. The van der Waals surface area contributed by atoms with Crippen molar-refractivity contribution >= 4 is 0 Å². The van der Waals surface area contributed by atoms with Crippen molar-refractivity contribution in [1.82, 2.24) is 0 Å². The van der Waals surface area contributed by atoms with E-state index < -0.39 is 0 Å². The van der Waals surface area contributed by atoms with E-state index in [2.05, 4.69) is 0 Å². The molecule has 1 fully saturated rings. The third-order valence-electron chi connectivity index (χ3n) is 2.31. The van der Waals surface area contributed by atoms with E-state index in [9.17, 15) is 4.39 Å². The molecule has 0 aliphatic carbocycles. The molecule has 1 unspecified atom stereocenters. The first-order valence-electron chi connectivity index (χ1n) is 4.62. The van der Waals surface area contributed by atoms with Crippen LogP contribution >= 0.6 is 0 Å². The monoisotopic (exact) mass is 196 g/mol. The second-order valence-electron chi connectivity index (χ2n) is 3.94. The van der Waals surface area contributed by atoms with Crippen molar-refractivity contribution in [3.8, 4) is 5.75 Å². The summed E-state index contributed by atoms with van der Waals surface area (Å²) in [6.07, 6.45) is 0. The van der Waals surface area contributed by atoms with Gasteiger partial charge in [0, 0.05) is 0 Å². The molecular formula is C11H13FO2. The van der Waals surface area contributed by atoms with E-state index in [1.807, 2.05) is 13.8 Å². The number of epoxide rings is 1. The number of hydrogen-bond donors (Lipinski definition) is 0. The molecule has 2 nitrogen and oxygen atoms in total. The molecule has 0 spiro atoms. The van der Waals surface area contributed by atoms with Crippen molar-refractivity contribution in [2.45, 2.75) is 19.4 Å². The number of ether oxygens (including phenoxy) is 2. The van der Waals surface area contributed by atoms with Crippen molar-refractivity contribution in [2.24, 2.45) is 0 Å². The molecule has 0 amide bonds. The molecule has 76 valence electrons. The summed E-state index contributed by atoms with van der Waals surface area (Å²) in [7, 11) is 0. The number of benzene rings is 1. The number of rotatable bonds is 3. The third-order valence-corrected chi connectivity index (χ3v) is 2.31. The molecule has 14 heavy (non-hydrogen) atoms. The summed E-state index contributed by atoms with van der Waals surface area (Å²) in [4.78, 5) is 0. The Balaban J connectivity index is 2.02. The molecular weight excluding hydrogens is 183 g/mol. The maximum atomic E-state index is 12.8. The van der Waals surface area contributed by atoms with E-state index >= 15 is 0 Å². The van der Waals surface area contributed by atoms with Gasteiger partial charge in [-0.3, -0.25) is 0 Å². The Hall–Kier alpha value is -1.09. The highest BCUT2D eigenvalue weighted by Crippen LogP contribution is 2.28. The van der Waals surface area contributed by atoms with Gasteiger partial charge in [0.05, 0.1) is 6.61 Å². The highest BCUT2D eigenvalue weighted by molar-refractivity contribution is 5.32. The van der Waals surface area contributed by atoms with Crippen molar-refractivity contribution in [1.29, 1.82) is 0 Å². The Morgan fingerprint density at radius 2 is 2.29 bits per heavy atom. The maximum absolute atomic E-state index is 12.8. The molecule has 1 aliphatic rings. The fraction of sp³-hybridized carbons (Fsp3) is 0.455. The minimum absolute atomic E-state index is 0.124. The molecule has 0 saturated carbocycles. The van der Waals surface area contributed by atoms with Crippen molar-refractivity contribution < 1.29 is 13.9 Å². The zero-order valence-corrected chi connectivity index (χ0v) is 8.34. The Bertz CT molecular complexity index is 345. The molecule has 1 atom stereocenters. The van der Waals surface area contributed by atoms with Crippen LogP contribution in [0.2, 0.25) is 0 Å². The van der Waals surface area contributed by atoms with Crippen LogP contribution < -0.4 is 4.74 Å². The predicted octanol–water partition coefficient (Wildman–Crippen LogP) is 2.30. The molecule has 1 aromatic carbocycles. The molecule has 3 heteroatoms. The van der Waals surface area contributed by atoms with Crippen LogP contribution in [-0.2, 0) is 4.74 Å². The van der Waals surface area contributed by atoms with Gasteiger partial charge in [0.2, 0.25) is 0 Å². The van der Waals surface area contributed by atoms with Gasteiger partial charge in [0.25, 0.3) is 0 Å². The van der Waals surface area contributed by atoms with Gasteiger partial charge >= 0.3 is 0 Å². The lowest BCUT2D eigenvalue weighted by molar-refractivity contribution is 0.201. The normalized spacial score (nSPS) is 24.8. The number of aryl methyl sites for hydroxylation is 1. The summed E-state index contributed by atoms with van der Waals surface area (Å²) in [5, 5.41) is 0. The SMILES string of the molecule is Cc1cc(F)ccc1OCC1(C)CO1. The van der Waals surface area contributed by atoms with Gasteiger partial charge in [-0.25, -0.2) is 4.39 Å². The second kappa shape index (κ2) is 3.24. The topological polar surface area (TPSA) is 21.8 Å². The van der Waals surface area contributed by atoms with Crippen LogP contribution in [0.25, 0.3) is 0 Å². The molecule has 1 aliphatic heterocycles. The van der Waals surface area contributed by atoms with Crippen LogP contribution in [0.1, 0.15) is 12.5 Å². The van der Waals surface area contributed by atoms with Crippen molar-refractivity contribution in [2.75, 3.05) is 13.2 Å². The molecule has 1 saturated heterocycles. The van der Waals surface area contributed by atoms with Crippen LogP contribution in [0, 0.1) is 12.7 Å². The van der Waals surface area contributed by atoms with Gasteiger partial charge in [-0.05, 0) is 37.6 Å². The second-order valence-corrected chi connectivity index (χ2v) is 3.94. The van der Waals surface area contributed by atoms with E-state index in [0.29, 0.717) is 6.61 Å². The first kappa shape index (κ1) is 9.46. The van der Waals surface area contributed by atoms with Gasteiger partial charge in [0.1, 0.15) is 23.8 Å². The average molecular weight is 196 g/mol. The fourth-order valence-electron chi connectivity index (χ4n) is 1.21. The molecule has 2 rings (SSSR count). The number of hydrogen-bond acceptors (Lipinski definition) is 2. The highest BCUT2D eigenvalue weighted by atomic mass is 19.1. The quantitative estimate of drug-likeness (QED) is 0.692. The van der Waals surface area contributed by atoms with E-state index in [1.54, 1.807) is 6.07 Å². The summed E-state index contributed by atoms with van der Waals surface area (Å²) in [6, 6.07) is 4.51. The van der Waals surface area contributed by atoms with E-state index in [-0.39, 0.29) is 11.4 Å². The number of halogens is 1. The molecule has 1 aromatic rings. The largest absolute Gasteiger partial charge is 0.490 e. The van der Waals surface area contributed by atoms with Gasteiger partial charge in [-0.2, -0.15) is 0 Å². The minimum Gasteiger partial charge on any atom is -0.490 e. The van der Waals surface area contributed by atoms with Gasteiger partial charge < -0.3 is 9.47 Å². The van der Waals surface area contributed by atoms with Gasteiger partial charge in [-0.15, -0.1) is 0 Å². The lowest BCUT2D eigenvalue weighted by Gasteiger charge is -2.10. The zero-order valence-electron chi connectivity index (χ0n) is 8.34. The Morgan fingerprint density at radius 1 is 1.57 bits per heavy atom. The van der Waals surface area contributed by atoms with Crippen LogP contribution in [0.15, 0.2) is 18.2 Å². The van der Waals surface area contributed by atoms with Gasteiger partial charge in [0.15, 0.2) is 0 Å². The predicted molar refractivity (Wildman–Crippen MR) is 51.0 cm³/mol. The Kier molecular flexibility index (Phi) is 2.19. The summed E-state index contributed by atoms with van der Waals surface area (Å²) >= 11 is 0. The minimum atomic E-state index is -0.233. The van der Waals surface area contributed by atoms with Gasteiger partial charge in [-0.1, -0.05) is 0 Å².